The fourth-order valence-corrected chi connectivity index (χ4v) is 4.99. The molecular weight excluding hydrogens is 407 g/mol. The molecule has 0 nitrogen and oxygen atoms in total. The van der Waals surface area contributed by atoms with E-state index in [4.69, 9.17) is 23.2 Å². The highest BCUT2D eigenvalue weighted by Gasteiger charge is 2.08. The maximum absolute atomic E-state index is 6.24. The predicted molar refractivity (Wildman–Crippen MR) is 134 cm³/mol. The summed E-state index contributed by atoms with van der Waals surface area (Å²) in [7, 11) is 0. The SMILES string of the molecule is CCCc1cc2cc3cc4cc5cc(Cl)c(Cl)cc5cc4cc3cc2cc1CCC. The van der Waals surface area contributed by atoms with E-state index in [9.17, 15) is 0 Å². The highest BCUT2D eigenvalue weighted by molar-refractivity contribution is 6.42. The summed E-state index contributed by atoms with van der Waals surface area (Å²) in [4.78, 5) is 0. The monoisotopic (exact) mass is 430 g/mol. The van der Waals surface area contributed by atoms with Gasteiger partial charge in [-0.2, -0.15) is 0 Å². The van der Waals surface area contributed by atoms with Gasteiger partial charge in [0.1, 0.15) is 0 Å². The Balaban J connectivity index is 1.76. The van der Waals surface area contributed by atoms with Crippen LogP contribution in [-0.2, 0) is 12.8 Å². The van der Waals surface area contributed by atoms with Crippen molar-refractivity contribution < 1.29 is 0 Å². The van der Waals surface area contributed by atoms with E-state index in [-0.39, 0.29) is 0 Å². The van der Waals surface area contributed by atoms with E-state index in [1.165, 1.54) is 56.3 Å². The van der Waals surface area contributed by atoms with E-state index in [2.05, 4.69) is 62.4 Å². The smallest absolute Gasteiger partial charge is 0.0598 e. The third-order valence-corrected chi connectivity index (χ3v) is 6.82. The highest BCUT2D eigenvalue weighted by Crippen LogP contribution is 2.34. The Labute approximate surface area is 187 Å². The second-order valence-corrected chi connectivity index (χ2v) is 9.15. The Hall–Kier alpha value is -2.28. The van der Waals surface area contributed by atoms with Crippen molar-refractivity contribution in [3.8, 4) is 0 Å². The van der Waals surface area contributed by atoms with Gasteiger partial charge >= 0.3 is 0 Å². The molecule has 5 rings (SSSR count). The molecule has 0 unspecified atom stereocenters. The second kappa shape index (κ2) is 7.76. The van der Waals surface area contributed by atoms with Crippen molar-refractivity contribution in [3.05, 3.63) is 81.8 Å². The fourth-order valence-electron chi connectivity index (χ4n) is 4.65. The number of benzene rings is 5. The molecule has 0 atom stereocenters. The molecule has 5 aromatic carbocycles. The van der Waals surface area contributed by atoms with Gasteiger partial charge in [-0.15, -0.1) is 0 Å². The van der Waals surface area contributed by atoms with Crippen LogP contribution in [0.1, 0.15) is 37.8 Å². The highest BCUT2D eigenvalue weighted by atomic mass is 35.5. The van der Waals surface area contributed by atoms with Crippen LogP contribution in [0.5, 0.6) is 0 Å². The average molecular weight is 431 g/mol. The third-order valence-electron chi connectivity index (χ3n) is 6.10. The van der Waals surface area contributed by atoms with Gasteiger partial charge in [0, 0.05) is 0 Å². The molecule has 30 heavy (non-hydrogen) atoms. The van der Waals surface area contributed by atoms with Gasteiger partial charge in [-0.3, -0.25) is 0 Å². The van der Waals surface area contributed by atoms with Crippen LogP contribution in [0.25, 0.3) is 43.1 Å². The molecule has 0 saturated heterocycles. The number of aryl methyl sites for hydroxylation is 2. The zero-order valence-electron chi connectivity index (χ0n) is 17.4. The molecule has 0 aliphatic rings. The van der Waals surface area contributed by atoms with Crippen LogP contribution in [0.3, 0.4) is 0 Å². The van der Waals surface area contributed by atoms with E-state index >= 15 is 0 Å². The molecule has 0 spiro atoms. The van der Waals surface area contributed by atoms with Gasteiger partial charge in [0.25, 0.3) is 0 Å². The second-order valence-electron chi connectivity index (χ2n) is 8.33. The van der Waals surface area contributed by atoms with E-state index in [0.717, 1.165) is 23.6 Å². The Bertz CT molecular complexity index is 1320. The summed E-state index contributed by atoms with van der Waals surface area (Å²) in [6.07, 6.45) is 4.66. The lowest BCUT2D eigenvalue weighted by atomic mass is 9.92. The summed E-state index contributed by atoms with van der Waals surface area (Å²) in [6.45, 7) is 4.52. The fraction of sp³-hybridized carbons (Fsp3) is 0.214. The van der Waals surface area contributed by atoms with Crippen LogP contribution in [0.4, 0.5) is 0 Å². The van der Waals surface area contributed by atoms with E-state index in [0.29, 0.717) is 10.0 Å². The number of halogens is 2. The van der Waals surface area contributed by atoms with Crippen LogP contribution in [0, 0.1) is 0 Å². The topological polar surface area (TPSA) is 0 Å². The third kappa shape index (κ3) is 3.43. The van der Waals surface area contributed by atoms with Crippen molar-refractivity contribution in [2.45, 2.75) is 39.5 Å². The molecule has 0 amide bonds. The van der Waals surface area contributed by atoms with Crippen molar-refractivity contribution in [3.63, 3.8) is 0 Å². The van der Waals surface area contributed by atoms with Crippen molar-refractivity contribution in [2.75, 3.05) is 0 Å². The van der Waals surface area contributed by atoms with E-state index in [1.807, 2.05) is 12.1 Å². The predicted octanol–water partition coefficient (Wildman–Crippen LogP) is 9.51. The summed E-state index contributed by atoms with van der Waals surface area (Å²) in [5.41, 5.74) is 3.01. The van der Waals surface area contributed by atoms with Gasteiger partial charge in [0.05, 0.1) is 10.0 Å². The maximum atomic E-state index is 6.24. The number of fused-ring (bicyclic) bond motifs is 4. The van der Waals surface area contributed by atoms with Crippen molar-refractivity contribution in [2.24, 2.45) is 0 Å². The first-order valence-corrected chi connectivity index (χ1v) is 11.5. The molecule has 5 aromatic rings. The van der Waals surface area contributed by atoms with Gasteiger partial charge in [-0.1, -0.05) is 62.0 Å². The quantitative estimate of drug-likeness (QED) is 0.249. The minimum Gasteiger partial charge on any atom is -0.0827 e. The van der Waals surface area contributed by atoms with Crippen molar-refractivity contribution in [1.82, 2.24) is 0 Å². The minimum atomic E-state index is 0.599. The lowest BCUT2D eigenvalue weighted by molar-refractivity contribution is 0.864. The largest absolute Gasteiger partial charge is 0.0827 e. The first kappa shape index (κ1) is 19.7. The Morgan fingerprint density at radius 2 is 0.700 bits per heavy atom. The number of rotatable bonds is 4. The van der Waals surface area contributed by atoms with E-state index < -0.39 is 0 Å². The summed E-state index contributed by atoms with van der Waals surface area (Å²) in [6, 6.07) is 22.4. The van der Waals surface area contributed by atoms with Crippen LogP contribution >= 0.6 is 23.2 Å². The van der Waals surface area contributed by atoms with E-state index in [1.54, 1.807) is 0 Å². The summed E-state index contributed by atoms with van der Waals surface area (Å²) in [5.74, 6) is 0. The van der Waals surface area contributed by atoms with Crippen LogP contribution in [0.15, 0.2) is 60.7 Å². The Morgan fingerprint density at radius 1 is 0.433 bits per heavy atom. The van der Waals surface area contributed by atoms with Crippen LogP contribution in [0.2, 0.25) is 10.0 Å². The molecule has 2 heteroatoms. The molecule has 0 radical (unpaired) electrons. The normalized spacial score (nSPS) is 11.9. The maximum Gasteiger partial charge on any atom is 0.0598 e. The molecule has 0 fully saturated rings. The molecule has 0 saturated carbocycles. The van der Waals surface area contributed by atoms with Crippen molar-refractivity contribution >= 4 is 66.3 Å². The first-order chi connectivity index (χ1) is 14.6. The van der Waals surface area contributed by atoms with Gasteiger partial charge < -0.3 is 0 Å². The molecule has 0 aromatic heterocycles. The summed E-state index contributed by atoms with van der Waals surface area (Å²) >= 11 is 12.5. The number of hydrogen-bond donors (Lipinski definition) is 0. The zero-order chi connectivity index (χ0) is 20.8. The molecule has 0 aliphatic heterocycles. The van der Waals surface area contributed by atoms with Crippen LogP contribution in [-0.4, -0.2) is 0 Å². The minimum absolute atomic E-state index is 0.599. The molecule has 0 heterocycles. The van der Waals surface area contributed by atoms with Gasteiger partial charge in [-0.25, -0.2) is 0 Å². The Kier molecular flexibility index (Phi) is 5.09. The molecule has 0 N–H and O–H groups in total. The zero-order valence-corrected chi connectivity index (χ0v) is 18.9. The summed E-state index contributed by atoms with van der Waals surface area (Å²) < 4.78 is 0. The average Bonchev–Trinajstić information content (AvgIpc) is 2.71. The molecule has 0 aliphatic carbocycles. The molecule has 150 valence electrons. The lowest BCUT2D eigenvalue weighted by Crippen LogP contribution is -1.94. The molecular formula is C28H24Cl2. The number of hydrogen-bond acceptors (Lipinski definition) is 0. The standard InChI is InChI=1S/C28H24Cl2/c1-3-5-17-7-19-9-21-11-23-13-25-15-27(29)28(30)16-26(25)14-24(23)12-22(21)10-20(19)8-18(17)6-4-2/h7-16H,3-6H2,1-2H3. The van der Waals surface area contributed by atoms with Gasteiger partial charge in [0.15, 0.2) is 0 Å². The van der Waals surface area contributed by atoms with Gasteiger partial charge in [0.2, 0.25) is 0 Å². The lowest BCUT2D eigenvalue weighted by Gasteiger charge is -2.12. The first-order valence-electron chi connectivity index (χ1n) is 10.8. The van der Waals surface area contributed by atoms with Gasteiger partial charge in [-0.05, 0) is 116 Å². The Morgan fingerprint density at radius 3 is 1.00 bits per heavy atom. The van der Waals surface area contributed by atoms with Crippen LogP contribution < -0.4 is 0 Å². The van der Waals surface area contributed by atoms with Crippen molar-refractivity contribution in [1.29, 1.82) is 0 Å². The molecule has 0 bridgehead atoms. The summed E-state index contributed by atoms with van der Waals surface area (Å²) in [5, 5.41) is 11.1.